The minimum atomic E-state index is -0.766. The van der Waals surface area contributed by atoms with Gasteiger partial charge in [-0.05, 0) is 12.0 Å². The van der Waals surface area contributed by atoms with E-state index in [9.17, 15) is 25.0 Å². The van der Waals surface area contributed by atoms with Crippen molar-refractivity contribution in [3.8, 4) is 0 Å². The summed E-state index contributed by atoms with van der Waals surface area (Å²) in [5.41, 5.74) is -0.234. The first-order valence-corrected chi connectivity index (χ1v) is 7.22. The molecule has 0 heterocycles. The molecule has 0 bridgehead atoms. The summed E-state index contributed by atoms with van der Waals surface area (Å²) >= 11 is 0. The lowest BCUT2D eigenvalue weighted by molar-refractivity contribution is -0.394. The molecule has 1 atom stereocenters. The number of nitrogens with zero attached hydrogens (tertiary/aromatic N) is 2. The van der Waals surface area contributed by atoms with Gasteiger partial charge >= 0.3 is 0 Å². The Bertz CT molecular complexity index is 744. The van der Waals surface area contributed by atoms with Gasteiger partial charge in [-0.2, -0.15) is 0 Å². The van der Waals surface area contributed by atoms with E-state index in [0.29, 0.717) is 6.42 Å². The maximum atomic E-state index is 12.4. The maximum absolute atomic E-state index is 12.4. The van der Waals surface area contributed by atoms with E-state index in [-0.39, 0.29) is 11.6 Å². The Morgan fingerprint density at radius 2 is 1.58 bits per heavy atom. The van der Waals surface area contributed by atoms with Crippen LogP contribution >= 0.6 is 0 Å². The molecule has 0 aliphatic carbocycles. The van der Waals surface area contributed by atoms with Crippen LogP contribution in [-0.4, -0.2) is 15.8 Å². The summed E-state index contributed by atoms with van der Waals surface area (Å²) in [4.78, 5) is 32.7. The standard InChI is InChI=1S/C16H15N3O5/c1-2-15(11-6-4-3-5-7-11)17-16(20)12-8-13(18(21)22)10-14(9-12)19(23)24/h3-10,15H,2H2,1H3,(H,17,20)/t15-/m1/s1. The normalized spacial score (nSPS) is 11.5. The molecule has 0 aromatic heterocycles. The topological polar surface area (TPSA) is 115 Å². The number of carbonyl (C=O) groups is 1. The number of amides is 1. The second kappa shape index (κ2) is 7.32. The van der Waals surface area contributed by atoms with Crippen molar-refractivity contribution in [3.63, 3.8) is 0 Å². The van der Waals surface area contributed by atoms with Gasteiger partial charge in [0, 0.05) is 12.1 Å². The Balaban J connectivity index is 2.31. The average molecular weight is 329 g/mol. The highest BCUT2D eigenvalue weighted by molar-refractivity contribution is 5.95. The minimum Gasteiger partial charge on any atom is -0.345 e. The number of carbonyl (C=O) groups excluding carboxylic acids is 1. The summed E-state index contributed by atoms with van der Waals surface area (Å²) < 4.78 is 0. The Kier molecular flexibility index (Phi) is 5.20. The van der Waals surface area contributed by atoms with Crippen LogP contribution in [0.2, 0.25) is 0 Å². The van der Waals surface area contributed by atoms with Crippen LogP contribution in [0.15, 0.2) is 48.5 Å². The van der Waals surface area contributed by atoms with E-state index in [2.05, 4.69) is 5.32 Å². The van der Waals surface area contributed by atoms with Crippen molar-refractivity contribution in [1.82, 2.24) is 5.32 Å². The third-order valence-electron chi connectivity index (χ3n) is 3.50. The fourth-order valence-electron chi connectivity index (χ4n) is 2.29. The Hall–Kier alpha value is -3.29. The maximum Gasteiger partial charge on any atom is 0.277 e. The first-order valence-electron chi connectivity index (χ1n) is 7.22. The Labute approximate surface area is 137 Å². The van der Waals surface area contributed by atoms with Crippen LogP contribution in [0.1, 0.15) is 35.3 Å². The number of nitro benzene ring substituents is 2. The zero-order valence-electron chi connectivity index (χ0n) is 12.8. The molecule has 8 heteroatoms. The summed E-state index contributed by atoms with van der Waals surface area (Å²) in [6.45, 7) is 1.88. The summed E-state index contributed by atoms with van der Waals surface area (Å²) in [6, 6.07) is 11.8. The first kappa shape index (κ1) is 17.1. The summed E-state index contributed by atoms with van der Waals surface area (Å²) in [6.07, 6.45) is 0.604. The molecule has 1 N–H and O–H groups in total. The average Bonchev–Trinajstić information content (AvgIpc) is 2.59. The number of non-ortho nitro benzene ring substituents is 2. The number of nitro groups is 2. The van der Waals surface area contributed by atoms with Crippen molar-refractivity contribution in [2.45, 2.75) is 19.4 Å². The molecule has 0 aliphatic heterocycles. The van der Waals surface area contributed by atoms with E-state index in [1.54, 1.807) is 0 Å². The van der Waals surface area contributed by atoms with E-state index in [4.69, 9.17) is 0 Å². The molecule has 2 rings (SSSR count). The number of hydrogen-bond donors (Lipinski definition) is 1. The van der Waals surface area contributed by atoms with Gasteiger partial charge < -0.3 is 5.32 Å². The van der Waals surface area contributed by atoms with Gasteiger partial charge in [-0.15, -0.1) is 0 Å². The number of hydrogen-bond acceptors (Lipinski definition) is 5. The third kappa shape index (κ3) is 3.92. The molecule has 24 heavy (non-hydrogen) atoms. The first-order chi connectivity index (χ1) is 11.4. The lowest BCUT2D eigenvalue weighted by atomic mass is 10.0. The summed E-state index contributed by atoms with van der Waals surface area (Å²) in [5.74, 6) is -0.600. The van der Waals surface area contributed by atoms with Crippen LogP contribution in [0.4, 0.5) is 11.4 Å². The van der Waals surface area contributed by atoms with Gasteiger partial charge in [-0.3, -0.25) is 25.0 Å². The fraction of sp³-hybridized carbons (Fsp3) is 0.188. The highest BCUT2D eigenvalue weighted by Crippen LogP contribution is 2.24. The lowest BCUT2D eigenvalue weighted by Gasteiger charge is -2.17. The molecule has 0 unspecified atom stereocenters. The summed E-state index contributed by atoms with van der Waals surface area (Å²) in [5, 5.41) is 24.6. The number of nitrogens with one attached hydrogen (secondary N) is 1. The predicted octanol–water partition coefficient (Wildman–Crippen LogP) is 3.38. The quantitative estimate of drug-likeness (QED) is 0.644. The van der Waals surface area contributed by atoms with Crippen molar-refractivity contribution in [2.75, 3.05) is 0 Å². The van der Waals surface area contributed by atoms with Gasteiger partial charge in [0.1, 0.15) is 0 Å². The van der Waals surface area contributed by atoms with E-state index in [0.717, 1.165) is 23.8 Å². The van der Waals surface area contributed by atoms with Gasteiger partial charge in [0.05, 0.1) is 27.5 Å². The molecule has 8 nitrogen and oxygen atoms in total. The van der Waals surface area contributed by atoms with Crippen molar-refractivity contribution in [2.24, 2.45) is 0 Å². The lowest BCUT2D eigenvalue weighted by Crippen LogP contribution is -2.28. The van der Waals surface area contributed by atoms with E-state index >= 15 is 0 Å². The molecular formula is C16H15N3O5. The van der Waals surface area contributed by atoms with E-state index < -0.39 is 27.1 Å². The van der Waals surface area contributed by atoms with Gasteiger partial charge in [0.2, 0.25) is 0 Å². The molecule has 0 saturated carbocycles. The van der Waals surface area contributed by atoms with Gasteiger partial charge in [0.25, 0.3) is 17.3 Å². The molecule has 124 valence electrons. The van der Waals surface area contributed by atoms with Crippen LogP contribution in [0.25, 0.3) is 0 Å². The highest BCUT2D eigenvalue weighted by Gasteiger charge is 2.21. The molecule has 2 aromatic rings. The summed E-state index contributed by atoms with van der Waals surface area (Å²) in [7, 11) is 0. The number of benzene rings is 2. The van der Waals surface area contributed by atoms with Crippen LogP contribution in [0.3, 0.4) is 0 Å². The fourth-order valence-corrected chi connectivity index (χ4v) is 2.29. The SMILES string of the molecule is CC[C@@H](NC(=O)c1cc([N+](=O)[O-])cc([N+](=O)[O-])c1)c1ccccc1. The Morgan fingerprint density at radius 3 is 2.04 bits per heavy atom. The smallest absolute Gasteiger partial charge is 0.277 e. The molecule has 0 spiro atoms. The van der Waals surface area contributed by atoms with Crippen LogP contribution in [-0.2, 0) is 0 Å². The second-order valence-electron chi connectivity index (χ2n) is 5.10. The molecule has 2 aromatic carbocycles. The predicted molar refractivity (Wildman–Crippen MR) is 86.7 cm³/mol. The van der Waals surface area contributed by atoms with Crippen LogP contribution < -0.4 is 5.32 Å². The second-order valence-corrected chi connectivity index (χ2v) is 5.10. The Morgan fingerprint density at radius 1 is 1.04 bits per heavy atom. The molecule has 1 amide bonds. The molecule has 0 radical (unpaired) electrons. The zero-order chi connectivity index (χ0) is 17.7. The van der Waals surface area contributed by atoms with Crippen LogP contribution in [0.5, 0.6) is 0 Å². The van der Waals surface area contributed by atoms with Gasteiger partial charge in [0.15, 0.2) is 0 Å². The molecule has 0 aliphatic rings. The molecule has 0 saturated heterocycles. The van der Waals surface area contributed by atoms with E-state index in [1.165, 1.54) is 0 Å². The van der Waals surface area contributed by atoms with Gasteiger partial charge in [-0.1, -0.05) is 37.3 Å². The van der Waals surface area contributed by atoms with E-state index in [1.807, 2.05) is 37.3 Å². The monoisotopic (exact) mass is 329 g/mol. The minimum absolute atomic E-state index is 0.120. The van der Waals surface area contributed by atoms with Crippen molar-refractivity contribution >= 4 is 17.3 Å². The van der Waals surface area contributed by atoms with Gasteiger partial charge in [-0.25, -0.2) is 0 Å². The zero-order valence-corrected chi connectivity index (χ0v) is 12.8. The van der Waals surface area contributed by atoms with Crippen LogP contribution in [0, 0.1) is 20.2 Å². The molecule has 0 fully saturated rings. The van der Waals surface area contributed by atoms with Crippen molar-refractivity contribution in [1.29, 1.82) is 0 Å². The van der Waals surface area contributed by atoms with Crippen molar-refractivity contribution in [3.05, 3.63) is 79.9 Å². The molecular weight excluding hydrogens is 314 g/mol. The highest BCUT2D eigenvalue weighted by atomic mass is 16.6. The van der Waals surface area contributed by atoms with Crippen molar-refractivity contribution < 1.29 is 14.6 Å². The number of rotatable bonds is 6. The largest absolute Gasteiger partial charge is 0.345 e. The third-order valence-corrected chi connectivity index (χ3v) is 3.50.